The molecule has 1 aromatic heterocycles. The quantitative estimate of drug-likeness (QED) is 0.686. The number of hydrogen-bond donors (Lipinski definition) is 1. The largest absolute Gasteiger partial charge is 0.355 e. The Balaban J connectivity index is 1.53. The van der Waals surface area contributed by atoms with Crippen LogP contribution in [0.15, 0.2) is 29.6 Å². The zero-order valence-corrected chi connectivity index (χ0v) is 16.3. The summed E-state index contributed by atoms with van der Waals surface area (Å²) in [7, 11) is 0. The van der Waals surface area contributed by atoms with Crippen LogP contribution in [0, 0.1) is 6.92 Å². The Labute approximate surface area is 158 Å². The fraction of sp³-hybridized carbons (Fsp3) is 0.500. The van der Waals surface area contributed by atoms with Crippen molar-refractivity contribution < 1.29 is 4.79 Å². The average molecular weight is 377 g/mol. The molecule has 0 spiro atoms. The lowest BCUT2D eigenvalue weighted by molar-refractivity contribution is -0.126. The summed E-state index contributed by atoms with van der Waals surface area (Å²) in [5.74, 6) is 0.164. The van der Waals surface area contributed by atoms with Crippen molar-refractivity contribution in [2.75, 3.05) is 6.54 Å². The van der Waals surface area contributed by atoms with E-state index in [4.69, 9.17) is 11.6 Å². The molecule has 1 saturated carbocycles. The van der Waals surface area contributed by atoms with Crippen LogP contribution in [0.5, 0.6) is 0 Å². The summed E-state index contributed by atoms with van der Waals surface area (Å²) >= 11 is 7.88. The van der Waals surface area contributed by atoms with Gasteiger partial charge in [0, 0.05) is 22.6 Å². The van der Waals surface area contributed by atoms with Crippen molar-refractivity contribution in [1.82, 2.24) is 10.3 Å². The highest BCUT2D eigenvalue weighted by atomic mass is 35.5. The fourth-order valence-electron chi connectivity index (χ4n) is 3.70. The van der Waals surface area contributed by atoms with Gasteiger partial charge in [-0.2, -0.15) is 0 Å². The van der Waals surface area contributed by atoms with Crippen LogP contribution in [0.3, 0.4) is 0 Å². The summed E-state index contributed by atoms with van der Waals surface area (Å²) in [6.07, 6.45) is 7.06. The topological polar surface area (TPSA) is 42.0 Å². The van der Waals surface area contributed by atoms with Crippen molar-refractivity contribution in [2.24, 2.45) is 0 Å². The number of nitrogens with one attached hydrogen (secondary N) is 1. The van der Waals surface area contributed by atoms with Gasteiger partial charge < -0.3 is 5.32 Å². The summed E-state index contributed by atoms with van der Waals surface area (Å²) in [6.45, 7) is 2.75. The third kappa shape index (κ3) is 4.42. The van der Waals surface area contributed by atoms with Crippen LogP contribution in [0.25, 0.3) is 0 Å². The third-order valence-electron chi connectivity index (χ3n) is 5.04. The standard InChI is InChI=1S/C20H25ClN2OS/c1-15-14-25-18(23-15)9-2-5-12-22-19(24)20(10-3-4-11-20)16-7-6-8-17(21)13-16/h6-8,13-14H,2-5,9-12H2,1H3,(H,22,24). The van der Waals surface area contributed by atoms with E-state index in [2.05, 4.69) is 15.7 Å². The summed E-state index contributed by atoms with van der Waals surface area (Å²) in [5.41, 5.74) is 1.77. The molecule has 1 aliphatic carbocycles. The van der Waals surface area contributed by atoms with Crippen LogP contribution in [0.2, 0.25) is 5.02 Å². The Hall–Kier alpha value is -1.39. The van der Waals surface area contributed by atoms with Crippen LogP contribution in [0.1, 0.15) is 54.8 Å². The van der Waals surface area contributed by atoms with Gasteiger partial charge in [-0.1, -0.05) is 36.6 Å². The zero-order valence-electron chi connectivity index (χ0n) is 14.7. The van der Waals surface area contributed by atoms with Crippen molar-refractivity contribution in [3.63, 3.8) is 0 Å². The van der Waals surface area contributed by atoms with Gasteiger partial charge in [-0.05, 0) is 56.7 Å². The van der Waals surface area contributed by atoms with E-state index in [1.165, 1.54) is 5.01 Å². The Morgan fingerprint density at radius 1 is 1.32 bits per heavy atom. The Morgan fingerprint density at radius 3 is 2.80 bits per heavy atom. The van der Waals surface area contributed by atoms with E-state index in [0.717, 1.165) is 62.7 Å². The molecule has 0 aliphatic heterocycles. The molecule has 2 aromatic rings. The first-order chi connectivity index (χ1) is 12.1. The van der Waals surface area contributed by atoms with Crippen molar-refractivity contribution in [3.05, 3.63) is 50.9 Å². The number of aromatic nitrogens is 1. The lowest BCUT2D eigenvalue weighted by atomic mass is 9.78. The molecule has 1 aliphatic rings. The second-order valence-electron chi connectivity index (χ2n) is 6.90. The average Bonchev–Trinajstić information content (AvgIpc) is 3.24. The van der Waals surface area contributed by atoms with Crippen LogP contribution in [0.4, 0.5) is 0 Å². The van der Waals surface area contributed by atoms with Crippen LogP contribution in [-0.4, -0.2) is 17.4 Å². The molecule has 1 fully saturated rings. The van der Waals surface area contributed by atoms with E-state index in [-0.39, 0.29) is 5.91 Å². The number of thiazole rings is 1. The van der Waals surface area contributed by atoms with Crippen molar-refractivity contribution in [3.8, 4) is 0 Å². The smallest absolute Gasteiger partial charge is 0.230 e. The summed E-state index contributed by atoms with van der Waals surface area (Å²) in [6, 6.07) is 7.81. The van der Waals surface area contributed by atoms with Crippen molar-refractivity contribution >= 4 is 28.8 Å². The molecule has 1 amide bonds. The van der Waals surface area contributed by atoms with Gasteiger partial charge >= 0.3 is 0 Å². The Kier molecular flexibility index (Phi) is 6.13. The molecule has 1 aromatic carbocycles. The Bertz CT molecular complexity index is 722. The molecule has 0 unspecified atom stereocenters. The molecule has 3 rings (SSSR count). The number of rotatable bonds is 7. The summed E-state index contributed by atoms with van der Waals surface area (Å²) in [4.78, 5) is 17.4. The fourth-order valence-corrected chi connectivity index (χ4v) is 4.71. The molecule has 1 N–H and O–H groups in total. The maximum Gasteiger partial charge on any atom is 0.230 e. The third-order valence-corrected chi connectivity index (χ3v) is 6.30. The molecule has 1 heterocycles. The number of amides is 1. The minimum Gasteiger partial charge on any atom is -0.355 e. The number of carbonyl (C=O) groups is 1. The predicted molar refractivity (Wildman–Crippen MR) is 104 cm³/mol. The molecule has 0 atom stereocenters. The highest BCUT2D eigenvalue weighted by Crippen LogP contribution is 2.42. The van der Waals surface area contributed by atoms with Gasteiger partial charge in [0.1, 0.15) is 0 Å². The molecular weight excluding hydrogens is 352 g/mol. The van der Waals surface area contributed by atoms with Crippen LogP contribution in [-0.2, 0) is 16.6 Å². The summed E-state index contributed by atoms with van der Waals surface area (Å²) in [5, 5.41) is 7.16. The number of carbonyl (C=O) groups excluding carboxylic acids is 1. The second kappa shape index (κ2) is 8.33. The van der Waals surface area contributed by atoms with E-state index < -0.39 is 5.41 Å². The number of nitrogens with zero attached hydrogens (tertiary/aromatic N) is 1. The van der Waals surface area contributed by atoms with E-state index in [1.807, 2.05) is 31.2 Å². The highest BCUT2D eigenvalue weighted by Gasteiger charge is 2.42. The minimum absolute atomic E-state index is 0.164. The normalized spacial score (nSPS) is 16.1. The maximum atomic E-state index is 13.0. The number of halogens is 1. The number of aryl methyl sites for hydroxylation is 2. The zero-order chi connectivity index (χ0) is 17.7. The van der Waals surface area contributed by atoms with Crippen LogP contribution < -0.4 is 5.32 Å². The van der Waals surface area contributed by atoms with Crippen molar-refractivity contribution in [2.45, 2.75) is 57.3 Å². The molecule has 25 heavy (non-hydrogen) atoms. The van der Waals surface area contributed by atoms with Crippen molar-refractivity contribution in [1.29, 1.82) is 0 Å². The summed E-state index contributed by atoms with van der Waals surface area (Å²) < 4.78 is 0. The van der Waals surface area contributed by atoms with E-state index in [1.54, 1.807) is 11.3 Å². The first kappa shape index (κ1) is 18.4. The molecular formula is C20H25ClN2OS. The van der Waals surface area contributed by atoms with Gasteiger partial charge in [-0.25, -0.2) is 4.98 Å². The van der Waals surface area contributed by atoms with E-state index in [0.29, 0.717) is 5.02 Å². The van der Waals surface area contributed by atoms with Gasteiger partial charge in [0.25, 0.3) is 0 Å². The lowest BCUT2D eigenvalue weighted by Crippen LogP contribution is -2.43. The molecule has 134 valence electrons. The first-order valence-electron chi connectivity index (χ1n) is 9.05. The highest BCUT2D eigenvalue weighted by molar-refractivity contribution is 7.09. The number of unbranched alkanes of at least 4 members (excludes halogenated alkanes) is 1. The molecule has 3 nitrogen and oxygen atoms in total. The van der Waals surface area contributed by atoms with Gasteiger partial charge in [-0.3, -0.25) is 4.79 Å². The molecule has 0 saturated heterocycles. The lowest BCUT2D eigenvalue weighted by Gasteiger charge is -2.28. The van der Waals surface area contributed by atoms with E-state index >= 15 is 0 Å². The van der Waals surface area contributed by atoms with Crippen LogP contribution >= 0.6 is 22.9 Å². The SMILES string of the molecule is Cc1csc(CCCCNC(=O)C2(c3cccc(Cl)c3)CCCC2)n1. The van der Waals surface area contributed by atoms with Gasteiger partial charge in [-0.15, -0.1) is 11.3 Å². The van der Waals surface area contributed by atoms with Gasteiger partial charge in [0.15, 0.2) is 0 Å². The predicted octanol–water partition coefficient (Wildman–Crippen LogP) is 5.06. The molecule has 0 radical (unpaired) electrons. The molecule has 5 heteroatoms. The Morgan fingerprint density at radius 2 is 2.12 bits per heavy atom. The maximum absolute atomic E-state index is 13.0. The van der Waals surface area contributed by atoms with E-state index in [9.17, 15) is 4.79 Å². The minimum atomic E-state index is -0.392. The second-order valence-corrected chi connectivity index (χ2v) is 8.27. The molecule has 0 bridgehead atoms. The van der Waals surface area contributed by atoms with Gasteiger partial charge in [0.2, 0.25) is 5.91 Å². The first-order valence-corrected chi connectivity index (χ1v) is 10.3. The number of benzene rings is 1. The monoisotopic (exact) mass is 376 g/mol. The number of hydrogen-bond acceptors (Lipinski definition) is 3. The van der Waals surface area contributed by atoms with Gasteiger partial charge in [0.05, 0.1) is 10.4 Å².